The van der Waals surface area contributed by atoms with Crippen LogP contribution in [0.1, 0.15) is 93.0 Å². The third kappa shape index (κ3) is 4.55. The van der Waals surface area contributed by atoms with Crippen LogP contribution in [0.5, 0.6) is 0 Å². The maximum Gasteiger partial charge on any atom is 0.337 e. The number of carbonyl (C=O) groups is 1. The molecule has 2 nitrogen and oxygen atoms in total. The number of unbranched alkanes of at least 4 members (excludes halogenated alkanes) is 2. The van der Waals surface area contributed by atoms with Crippen molar-refractivity contribution < 1.29 is 13.9 Å². The van der Waals surface area contributed by atoms with Gasteiger partial charge in [0.1, 0.15) is 5.82 Å². The Morgan fingerprint density at radius 3 is 2.63 bits per heavy atom. The maximum absolute atomic E-state index is 14.9. The van der Waals surface area contributed by atoms with E-state index in [1.54, 1.807) is 18.2 Å². The summed E-state index contributed by atoms with van der Waals surface area (Å²) in [7, 11) is 1.35. The summed E-state index contributed by atoms with van der Waals surface area (Å²) < 4.78 is 19.7. The molecule has 2 fully saturated rings. The van der Waals surface area contributed by atoms with E-state index in [2.05, 4.69) is 13.0 Å². The highest BCUT2D eigenvalue weighted by Gasteiger charge is 2.36. The van der Waals surface area contributed by atoms with Gasteiger partial charge in [0, 0.05) is 5.39 Å². The van der Waals surface area contributed by atoms with E-state index in [1.807, 2.05) is 6.07 Å². The van der Waals surface area contributed by atoms with Crippen LogP contribution in [0.25, 0.3) is 10.8 Å². The number of benzene rings is 2. The molecule has 3 heteroatoms. The van der Waals surface area contributed by atoms with Gasteiger partial charge in [-0.25, -0.2) is 9.18 Å². The Balaban J connectivity index is 1.45. The molecule has 0 N–H and O–H groups in total. The van der Waals surface area contributed by atoms with Crippen molar-refractivity contribution in [1.82, 2.24) is 0 Å². The van der Waals surface area contributed by atoms with Crippen molar-refractivity contribution in [2.75, 3.05) is 7.11 Å². The molecule has 0 aromatic heterocycles. The van der Waals surface area contributed by atoms with Crippen LogP contribution in [0.2, 0.25) is 0 Å². The van der Waals surface area contributed by atoms with E-state index in [1.165, 1.54) is 71.3 Å². The van der Waals surface area contributed by atoms with Crippen molar-refractivity contribution in [3.05, 3.63) is 47.3 Å². The smallest absolute Gasteiger partial charge is 0.337 e. The quantitative estimate of drug-likeness (QED) is 0.361. The third-order valence-electron chi connectivity index (χ3n) is 7.76. The lowest BCUT2D eigenvalue weighted by atomic mass is 9.63. The molecule has 0 spiro atoms. The van der Waals surface area contributed by atoms with E-state index in [-0.39, 0.29) is 5.82 Å². The van der Waals surface area contributed by atoms with Crippen LogP contribution in [-0.2, 0) is 4.74 Å². The highest BCUT2D eigenvalue weighted by atomic mass is 19.1. The van der Waals surface area contributed by atoms with Crippen LogP contribution < -0.4 is 0 Å². The average molecular weight is 411 g/mol. The zero-order chi connectivity index (χ0) is 21.1. The summed E-state index contributed by atoms with van der Waals surface area (Å²) in [5.41, 5.74) is 1.53. The lowest BCUT2D eigenvalue weighted by Crippen LogP contribution is -2.30. The van der Waals surface area contributed by atoms with Crippen molar-refractivity contribution in [3.8, 4) is 0 Å². The first-order valence-corrected chi connectivity index (χ1v) is 11.9. The number of ether oxygens (including phenoxy) is 1. The summed E-state index contributed by atoms with van der Waals surface area (Å²) in [6, 6.07) is 9.04. The standard InChI is InChI=1S/C27H35FO2/c1-3-4-5-6-18-7-8-20-14-21(10-9-19(20)13-18)24-15-22-11-12-23(27(29)30-2)16-25(22)26(28)17-24/h11-12,15-21H,3-10,13-14H2,1-2H3. The molecular weight excluding hydrogens is 375 g/mol. The molecular formula is C27H35FO2. The predicted molar refractivity (Wildman–Crippen MR) is 120 cm³/mol. The van der Waals surface area contributed by atoms with Crippen LogP contribution in [0, 0.1) is 23.6 Å². The number of hydrogen-bond donors (Lipinski definition) is 0. The zero-order valence-corrected chi connectivity index (χ0v) is 18.5. The van der Waals surface area contributed by atoms with Gasteiger partial charge in [0.25, 0.3) is 0 Å². The van der Waals surface area contributed by atoms with Gasteiger partial charge in [0.2, 0.25) is 0 Å². The van der Waals surface area contributed by atoms with E-state index >= 15 is 0 Å². The first kappa shape index (κ1) is 21.3. The van der Waals surface area contributed by atoms with Crippen molar-refractivity contribution in [2.24, 2.45) is 17.8 Å². The van der Waals surface area contributed by atoms with Gasteiger partial charge in [0.15, 0.2) is 0 Å². The van der Waals surface area contributed by atoms with Crippen molar-refractivity contribution >= 4 is 16.7 Å². The highest BCUT2D eigenvalue weighted by Crippen LogP contribution is 2.48. The first-order valence-electron chi connectivity index (χ1n) is 11.9. The van der Waals surface area contributed by atoms with Gasteiger partial charge in [-0.05, 0) is 84.9 Å². The first-order chi connectivity index (χ1) is 14.6. The molecule has 2 saturated carbocycles. The largest absolute Gasteiger partial charge is 0.465 e. The van der Waals surface area contributed by atoms with Crippen molar-refractivity contribution in [3.63, 3.8) is 0 Å². The summed E-state index contributed by atoms with van der Waals surface area (Å²) in [6.45, 7) is 2.28. The Kier molecular flexibility index (Phi) is 6.75. The van der Waals surface area contributed by atoms with Gasteiger partial charge in [-0.1, -0.05) is 51.2 Å². The van der Waals surface area contributed by atoms with Gasteiger partial charge in [-0.15, -0.1) is 0 Å². The molecule has 2 aliphatic carbocycles. The van der Waals surface area contributed by atoms with E-state index < -0.39 is 5.97 Å². The second kappa shape index (κ2) is 9.49. The summed E-state index contributed by atoms with van der Waals surface area (Å²) in [5.74, 6) is 2.44. The lowest BCUT2D eigenvalue weighted by molar-refractivity contribution is 0.0601. The molecule has 2 aliphatic rings. The molecule has 4 unspecified atom stereocenters. The van der Waals surface area contributed by atoms with Crippen molar-refractivity contribution in [2.45, 2.75) is 77.0 Å². The Morgan fingerprint density at radius 1 is 1.03 bits per heavy atom. The monoisotopic (exact) mass is 410 g/mol. The molecule has 2 aromatic carbocycles. The average Bonchev–Trinajstić information content (AvgIpc) is 2.78. The van der Waals surface area contributed by atoms with Crippen LogP contribution in [-0.4, -0.2) is 13.1 Å². The van der Waals surface area contributed by atoms with Crippen LogP contribution in [0.4, 0.5) is 4.39 Å². The lowest BCUT2D eigenvalue weighted by Gasteiger charge is -2.42. The molecule has 2 aromatic rings. The number of methoxy groups -OCH3 is 1. The Hall–Kier alpha value is -1.90. The molecule has 4 rings (SSSR count). The molecule has 0 saturated heterocycles. The number of carbonyl (C=O) groups excluding carboxylic acids is 1. The summed E-state index contributed by atoms with van der Waals surface area (Å²) in [6.07, 6.45) is 13.3. The van der Waals surface area contributed by atoms with E-state index in [9.17, 15) is 9.18 Å². The summed E-state index contributed by atoms with van der Waals surface area (Å²) >= 11 is 0. The maximum atomic E-state index is 14.9. The van der Waals surface area contributed by atoms with Crippen LogP contribution >= 0.6 is 0 Å². The number of esters is 1. The fourth-order valence-electron chi connectivity index (χ4n) is 6.05. The Bertz CT molecular complexity index is 890. The SMILES string of the molecule is CCCCCC1CCC2CC(c3cc(F)c4cc(C(=O)OC)ccc4c3)CCC2C1. The molecule has 0 heterocycles. The van der Waals surface area contributed by atoms with E-state index in [4.69, 9.17) is 4.74 Å². The van der Waals surface area contributed by atoms with Crippen LogP contribution in [0.3, 0.4) is 0 Å². The van der Waals surface area contributed by atoms with Gasteiger partial charge >= 0.3 is 5.97 Å². The minimum Gasteiger partial charge on any atom is -0.465 e. The number of fused-ring (bicyclic) bond motifs is 2. The second-order valence-electron chi connectivity index (χ2n) is 9.64. The molecule has 30 heavy (non-hydrogen) atoms. The minimum absolute atomic E-state index is 0.227. The molecule has 0 bridgehead atoms. The highest BCUT2D eigenvalue weighted by molar-refractivity contribution is 5.95. The molecule has 0 radical (unpaired) electrons. The number of halogens is 1. The minimum atomic E-state index is -0.427. The molecule has 0 amide bonds. The predicted octanol–water partition coefficient (Wildman–Crippen LogP) is 7.65. The van der Waals surface area contributed by atoms with E-state index in [0.717, 1.165) is 28.7 Å². The number of hydrogen-bond acceptors (Lipinski definition) is 2. The molecule has 0 aliphatic heterocycles. The summed E-state index contributed by atoms with van der Waals surface area (Å²) in [5, 5.41) is 1.38. The fourth-order valence-corrected chi connectivity index (χ4v) is 6.05. The van der Waals surface area contributed by atoms with Crippen molar-refractivity contribution in [1.29, 1.82) is 0 Å². The summed E-state index contributed by atoms with van der Waals surface area (Å²) in [4.78, 5) is 11.8. The zero-order valence-electron chi connectivity index (χ0n) is 18.5. The number of rotatable bonds is 6. The van der Waals surface area contributed by atoms with E-state index in [0.29, 0.717) is 16.9 Å². The Morgan fingerprint density at radius 2 is 1.83 bits per heavy atom. The second-order valence-corrected chi connectivity index (χ2v) is 9.64. The Labute approximate surface area is 180 Å². The van der Waals surface area contributed by atoms with Gasteiger partial charge < -0.3 is 4.74 Å². The fraction of sp³-hybridized carbons (Fsp3) is 0.593. The normalized spacial score (nSPS) is 26.4. The molecule has 162 valence electrons. The third-order valence-corrected chi connectivity index (χ3v) is 7.76. The van der Waals surface area contributed by atoms with Gasteiger partial charge in [0.05, 0.1) is 12.7 Å². The van der Waals surface area contributed by atoms with Gasteiger partial charge in [-0.2, -0.15) is 0 Å². The molecule has 4 atom stereocenters. The van der Waals surface area contributed by atoms with Gasteiger partial charge in [-0.3, -0.25) is 0 Å². The van der Waals surface area contributed by atoms with Crippen LogP contribution in [0.15, 0.2) is 30.3 Å². The topological polar surface area (TPSA) is 26.3 Å².